The molecule has 64 valence electrons. The maximum Gasteiger partial charge on any atom is 0.0868 e. The Balaban J connectivity index is 3.62. The summed E-state index contributed by atoms with van der Waals surface area (Å²) in [4.78, 5) is 2.20. The number of hydrogen-bond acceptors (Lipinski definition) is 2. The summed E-state index contributed by atoms with van der Waals surface area (Å²) in [6.45, 7) is 8.06. The smallest absolute Gasteiger partial charge is 0.0868 e. The van der Waals surface area contributed by atoms with Crippen molar-refractivity contribution in [3.63, 3.8) is 0 Å². The molecule has 0 amide bonds. The van der Waals surface area contributed by atoms with Crippen LogP contribution in [-0.2, 0) is 0 Å². The number of nitrogens with zero attached hydrogens (tertiary/aromatic N) is 2. The second-order valence-corrected chi connectivity index (χ2v) is 3.08. The molecular formula is C9H18N2. The minimum absolute atomic E-state index is 0.501. The second kappa shape index (κ2) is 6.18. The lowest BCUT2D eigenvalue weighted by Gasteiger charge is -2.22. The largest absolute Gasteiger partial charge is 0.288 e. The molecule has 0 aromatic carbocycles. The number of nitriles is 1. The van der Waals surface area contributed by atoms with Crippen LogP contribution in [0.4, 0.5) is 0 Å². The zero-order chi connectivity index (χ0) is 8.69. The van der Waals surface area contributed by atoms with Gasteiger partial charge >= 0.3 is 0 Å². The summed E-state index contributed by atoms with van der Waals surface area (Å²) < 4.78 is 0. The van der Waals surface area contributed by atoms with E-state index < -0.39 is 0 Å². The lowest BCUT2D eigenvalue weighted by molar-refractivity contribution is 0.245. The third kappa shape index (κ3) is 4.80. The van der Waals surface area contributed by atoms with Gasteiger partial charge in [0.15, 0.2) is 0 Å². The number of rotatable bonds is 5. The van der Waals surface area contributed by atoms with Gasteiger partial charge in [0, 0.05) is 6.04 Å². The van der Waals surface area contributed by atoms with E-state index in [-0.39, 0.29) is 0 Å². The maximum atomic E-state index is 8.49. The molecule has 0 aromatic rings. The zero-order valence-electron chi connectivity index (χ0n) is 7.80. The monoisotopic (exact) mass is 154 g/mol. The molecule has 2 nitrogen and oxygen atoms in total. The van der Waals surface area contributed by atoms with Crippen molar-refractivity contribution < 1.29 is 0 Å². The van der Waals surface area contributed by atoms with Gasteiger partial charge in [-0.1, -0.05) is 13.3 Å². The summed E-state index contributed by atoms with van der Waals surface area (Å²) >= 11 is 0. The highest BCUT2D eigenvalue weighted by Crippen LogP contribution is 1.99. The molecule has 0 rings (SSSR count). The van der Waals surface area contributed by atoms with Gasteiger partial charge in [-0.25, -0.2) is 0 Å². The first-order chi connectivity index (χ1) is 5.22. The van der Waals surface area contributed by atoms with Gasteiger partial charge in [0.2, 0.25) is 0 Å². The molecule has 0 N–H and O–H groups in total. The third-order valence-electron chi connectivity index (χ3n) is 1.80. The van der Waals surface area contributed by atoms with Crippen molar-refractivity contribution in [1.82, 2.24) is 4.90 Å². The highest BCUT2D eigenvalue weighted by atomic mass is 15.1. The summed E-state index contributed by atoms with van der Waals surface area (Å²) in [5, 5.41) is 8.49. The molecule has 0 radical (unpaired) electrons. The zero-order valence-corrected chi connectivity index (χ0v) is 7.80. The molecule has 0 aliphatic rings. The van der Waals surface area contributed by atoms with E-state index in [2.05, 4.69) is 31.7 Å². The van der Waals surface area contributed by atoms with E-state index in [4.69, 9.17) is 5.26 Å². The molecule has 0 heterocycles. The lowest BCUT2D eigenvalue weighted by atomic mass is 10.2. The minimum Gasteiger partial charge on any atom is -0.288 e. The fourth-order valence-electron chi connectivity index (χ4n) is 0.972. The molecule has 0 unspecified atom stereocenters. The van der Waals surface area contributed by atoms with Gasteiger partial charge in [0.25, 0.3) is 0 Å². The highest BCUT2D eigenvalue weighted by molar-refractivity contribution is 4.78. The van der Waals surface area contributed by atoms with Crippen molar-refractivity contribution >= 4 is 0 Å². The van der Waals surface area contributed by atoms with Crippen LogP contribution in [0.1, 0.15) is 33.6 Å². The second-order valence-electron chi connectivity index (χ2n) is 3.08. The van der Waals surface area contributed by atoms with Crippen molar-refractivity contribution in [1.29, 1.82) is 5.26 Å². The van der Waals surface area contributed by atoms with Crippen LogP contribution >= 0.6 is 0 Å². The van der Waals surface area contributed by atoms with Crippen LogP contribution in [0.2, 0.25) is 0 Å². The van der Waals surface area contributed by atoms with Crippen molar-refractivity contribution in [2.45, 2.75) is 39.7 Å². The summed E-state index contributed by atoms with van der Waals surface area (Å²) in [7, 11) is 0. The Labute approximate surface area is 69.8 Å². The van der Waals surface area contributed by atoms with E-state index in [0.717, 1.165) is 6.54 Å². The Morgan fingerprint density at radius 3 is 2.45 bits per heavy atom. The average molecular weight is 154 g/mol. The topological polar surface area (TPSA) is 27.0 Å². The number of unbranched alkanes of at least 4 members (excludes halogenated alkanes) is 1. The maximum absolute atomic E-state index is 8.49. The first-order valence-corrected chi connectivity index (χ1v) is 4.33. The Kier molecular flexibility index (Phi) is 5.87. The molecule has 0 saturated heterocycles. The average Bonchev–Trinajstić information content (AvgIpc) is 1.97. The van der Waals surface area contributed by atoms with E-state index in [1.807, 2.05) is 0 Å². The first kappa shape index (κ1) is 10.4. The lowest BCUT2D eigenvalue weighted by Crippen LogP contribution is -2.32. The van der Waals surface area contributed by atoms with Crippen LogP contribution in [0.5, 0.6) is 0 Å². The molecular weight excluding hydrogens is 136 g/mol. The normalized spacial score (nSPS) is 10.5. The summed E-state index contributed by atoms with van der Waals surface area (Å²) in [6, 6.07) is 2.69. The van der Waals surface area contributed by atoms with Crippen LogP contribution in [0.15, 0.2) is 0 Å². The van der Waals surface area contributed by atoms with Crippen LogP contribution < -0.4 is 0 Å². The SMILES string of the molecule is CCCCN(CC#N)C(C)C. The van der Waals surface area contributed by atoms with Gasteiger partial charge in [-0.2, -0.15) is 5.26 Å². The molecule has 0 aromatic heterocycles. The van der Waals surface area contributed by atoms with Gasteiger partial charge in [-0.05, 0) is 26.8 Å². The Bertz CT molecular complexity index is 124. The van der Waals surface area contributed by atoms with Crippen LogP contribution in [-0.4, -0.2) is 24.0 Å². The molecule has 11 heavy (non-hydrogen) atoms. The quantitative estimate of drug-likeness (QED) is 0.566. The highest BCUT2D eigenvalue weighted by Gasteiger charge is 2.06. The fraction of sp³-hybridized carbons (Fsp3) is 0.889. The van der Waals surface area contributed by atoms with Crippen LogP contribution in [0.3, 0.4) is 0 Å². The molecule has 0 aliphatic heterocycles. The third-order valence-corrected chi connectivity index (χ3v) is 1.80. The Morgan fingerprint density at radius 1 is 1.45 bits per heavy atom. The van der Waals surface area contributed by atoms with Gasteiger partial charge < -0.3 is 0 Å². The Hall–Kier alpha value is -0.550. The summed E-state index contributed by atoms with van der Waals surface area (Å²) in [5.74, 6) is 0. The predicted octanol–water partition coefficient (Wildman–Crippen LogP) is 2.02. The summed E-state index contributed by atoms with van der Waals surface area (Å²) in [6.07, 6.45) is 2.40. The fourth-order valence-corrected chi connectivity index (χ4v) is 0.972. The molecule has 0 aliphatic carbocycles. The van der Waals surface area contributed by atoms with E-state index in [1.54, 1.807) is 0 Å². The summed E-state index contributed by atoms with van der Waals surface area (Å²) in [5.41, 5.74) is 0. The van der Waals surface area contributed by atoms with Gasteiger partial charge in [0.1, 0.15) is 0 Å². The molecule has 0 spiro atoms. The van der Waals surface area contributed by atoms with Gasteiger partial charge in [-0.15, -0.1) is 0 Å². The van der Waals surface area contributed by atoms with Crippen LogP contribution in [0.25, 0.3) is 0 Å². The molecule has 0 atom stereocenters. The van der Waals surface area contributed by atoms with Crippen molar-refractivity contribution in [2.24, 2.45) is 0 Å². The molecule has 0 bridgehead atoms. The van der Waals surface area contributed by atoms with E-state index >= 15 is 0 Å². The predicted molar refractivity (Wildman–Crippen MR) is 47.2 cm³/mol. The van der Waals surface area contributed by atoms with Crippen molar-refractivity contribution in [3.05, 3.63) is 0 Å². The van der Waals surface area contributed by atoms with Crippen LogP contribution in [0, 0.1) is 11.3 Å². The molecule has 2 heteroatoms. The Morgan fingerprint density at radius 2 is 2.09 bits per heavy atom. The van der Waals surface area contributed by atoms with Crippen molar-refractivity contribution in [3.8, 4) is 6.07 Å². The first-order valence-electron chi connectivity index (χ1n) is 4.33. The number of hydrogen-bond donors (Lipinski definition) is 0. The van der Waals surface area contributed by atoms with E-state index in [1.165, 1.54) is 12.8 Å². The standard InChI is InChI=1S/C9H18N2/c1-4-5-7-11(8-6-10)9(2)3/h9H,4-5,7-8H2,1-3H3. The molecule has 0 fully saturated rings. The molecule has 0 saturated carbocycles. The van der Waals surface area contributed by atoms with Gasteiger partial charge in [-0.3, -0.25) is 4.90 Å². The van der Waals surface area contributed by atoms with Gasteiger partial charge in [0.05, 0.1) is 12.6 Å². The minimum atomic E-state index is 0.501. The van der Waals surface area contributed by atoms with Crippen molar-refractivity contribution in [2.75, 3.05) is 13.1 Å². The van der Waals surface area contributed by atoms with E-state index in [9.17, 15) is 0 Å². The van der Waals surface area contributed by atoms with E-state index in [0.29, 0.717) is 12.6 Å².